The predicted molar refractivity (Wildman–Crippen MR) is 76.5 cm³/mol. The van der Waals surface area contributed by atoms with Gasteiger partial charge in [-0.05, 0) is 12.1 Å². The Morgan fingerprint density at radius 1 is 1.24 bits per heavy atom. The Hall–Kier alpha value is -2.26. The maximum absolute atomic E-state index is 11.5. The fourth-order valence-electron chi connectivity index (χ4n) is 1.70. The lowest BCUT2D eigenvalue weighted by atomic mass is 10.2. The van der Waals surface area contributed by atoms with Crippen LogP contribution in [-0.4, -0.2) is 39.2 Å². The fraction of sp³-hybridized carbons (Fsp3) is 0.0909. The molecular formula is C11H9ClN6O2S. The summed E-state index contributed by atoms with van der Waals surface area (Å²) in [5.74, 6) is 0.267. The normalized spacial score (nSPS) is 11.9. The highest BCUT2D eigenvalue weighted by molar-refractivity contribution is 7.90. The van der Waals surface area contributed by atoms with E-state index >= 15 is 0 Å². The van der Waals surface area contributed by atoms with Crippen molar-refractivity contribution in [3.63, 3.8) is 0 Å². The number of benzene rings is 1. The molecule has 0 atom stereocenters. The molecule has 0 aliphatic carbocycles. The Kier molecular flexibility index (Phi) is 3.03. The minimum atomic E-state index is -3.58. The van der Waals surface area contributed by atoms with E-state index in [2.05, 4.69) is 20.1 Å². The van der Waals surface area contributed by atoms with Gasteiger partial charge in [0.2, 0.25) is 15.8 Å². The zero-order chi connectivity index (χ0) is 15.2. The summed E-state index contributed by atoms with van der Waals surface area (Å²) in [6.45, 7) is 0. The smallest absolute Gasteiger partial charge is 0.258 e. The lowest BCUT2D eigenvalue weighted by Crippen LogP contribution is -2.11. The highest BCUT2D eigenvalue weighted by Gasteiger charge is 2.17. The van der Waals surface area contributed by atoms with Crippen LogP contribution in [-0.2, 0) is 9.84 Å². The summed E-state index contributed by atoms with van der Waals surface area (Å²) in [4.78, 5) is 11.7. The van der Waals surface area contributed by atoms with Gasteiger partial charge in [0, 0.05) is 16.8 Å². The number of sulfone groups is 1. The highest BCUT2D eigenvalue weighted by atomic mass is 35.5. The Balaban J connectivity index is 2.23. The molecule has 8 nitrogen and oxygen atoms in total. The van der Waals surface area contributed by atoms with Gasteiger partial charge in [0.05, 0.1) is 0 Å². The van der Waals surface area contributed by atoms with Gasteiger partial charge in [0.15, 0.2) is 5.82 Å². The van der Waals surface area contributed by atoms with Gasteiger partial charge in [0.25, 0.3) is 10.9 Å². The van der Waals surface area contributed by atoms with E-state index in [1.165, 1.54) is 4.52 Å². The van der Waals surface area contributed by atoms with Crippen molar-refractivity contribution in [2.75, 3.05) is 12.0 Å². The van der Waals surface area contributed by atoms with Crippen LogP contribution in [0.3, 0.4) is 0 Å². The fourth-order valence-corrected chi connectivity index (χ4v) is 2.40. The quantitative estimate of drug-likeness (QED) is 0.741. The van der Waals surface area contributed by atoms with E-state index in [1.54, 1.807) is 24.3 Å². The van der Waals surface area contributed by atoms with Crippen molar-refractivity contribution in [1.29, 1.82) is 0 Å². The van der Waals surface area contributed by atoms with Gasteiger partial charge < -0.3 is 5.73 Å². The molecule has 3 aromatic rings. The summed E-state index contributed by atoms with van der Waals surface area (Å²) in [6, 6.07) is 6.91. The third-order valence-corrected chi connectivity index (χ3v) is 3.71. The molecule has 0 unspecified atom stereocenters. The standard InChI is InChI=1S/C11H9ClN6O2S/c1-21(19,20)11-15-9(13)18-10(16-11)14-8(17-18)6-3-2-4-7(12)5-6/h2-5H,1H3,(H2,13,14,15,16,17). The molecule has 0 aliphatic rings. The lowest BCUT2D eigenvalue weighted by Gasteiger charge is -1.99. The molecule has 10 heteroatoms. The number of nitrogen functional groups attached to an aromatic ring is 1. The lowest BCUT2D eigenvalue weighted by molar-refractivity contribution is 0.592. The predicted octanol–water partition coefficient (Wildman–Crippen LogP) is 0.825. The topological polar surface area (TPSA) is 116 Å². The van der Waals surface area contributed by atoms with Gasteiger partial charge in [-0.1, -0.05) is 23.7 Å². The van der Waals surface area contributed by atoms with Gasteiger partial charge in [-0.2, -0.15) is 19.5 Å². The van der Waals surface area contributed by atoms with E-state index < -0.39 is 15.0 Å². The molecule has 108 valence electrons. The van der Waals surface area contributed by atoms with Crippen molar-refractivity contribution in [2.45, 2.75) is 5.16 Å². The van der Waals surface area contributed by atoms with Crippen LogP contribution in [0.4, 0.5) is 5.95 Å². The number of anilines is 1. The molecule has 0 aliphatic heterocycles. The van der Waals surface area contributed by atoms with Crippen LogP contribution in [0.5, 0.6) is 0 Å². The highest BCUT2D eigenvalue weighted by Crippen LogP contribution is 2.20. The molecule has 1 aromatic carbocycles. The van der Waals surface area contributed by atoms with Crippen molar-refractivity contribution in [3.05, 3.63) is 29.3 Å². The van der Waals surface area contributed by atoms with Crippen LogP contribution in [0.25, 0.3) is 17.2 Å². The second-order valence-corrected chi connectivity index (χ2v) is 6.64. The van der Waals surface area contributed by atoms with Crippen LogP contribution in [0.15, 0.2) is 29.4 Å². The molecule has 0 radical (unpaired) electrons. The molecule has 21 heavy (non-hydrogen) atoms. The molecule has 0 saturated carbocycles. The average Bonchev–Trinajstić information content (AvgIpc) is 2.82. The number of rotatable bonds is 2. The van der Waals surface area contributed by atoms with Gasteiger partial charge in [-0.25, -0.2) is 8.42 Å². The first-order valence-electron chi connectivity index (χ1n) is 5.71. The first-order valence-corrected chi connectivity index (χ1v) is 7.98. The third kappa shape index (κ3) is 2.52. The van der Waals surface area contributed by atoms with Crippen molar-refractivity contribution in [1.82, 2.24) is 24.6 Å². The molecule has 3 rings (SSSR count). The Morgan fingerprint density at radius 2 is 2.00 bits per heavy atom. The maximum Gasteiger partial charge on any atom is 0.258 e. The van der Waals surface area contributed by atoms with Crippen molar-refractivity contribution in [3.8, 4) is 11.4 Å². The first kappa shape index (κ1) is 13.7. The maximum atomic E-state index is 11.5. The average molecular weight is 325 g/mol. The Labute approximate surface area is 124 Å². The number of hydrogen-bond acceptors (Lipinski definition) is 7. The largest absolute Gasteiger partial charge is 0.368 e. The molecule has 0 fully saturated rings. The van der Waals surface area contributed by atoms with Crippen LogP contribution in [0.2, 0.25) is 5.02 Å². The summed E-state index contributed by atoms with van der Waals surface area (Å²) in [5, 5.41) is 4.29. The van der Waals surface area contributed by atoms with Crippen LogP contribution in [0.1, 0.15) is 0 Å². The number of hydrogen-bond donors (Lipinski definition) is 1. The minimum Gasteiger partial charge on any atom is -0.368 e. The zero-order valence-electron chi connectivity index (χ0n) is 10.7. The molecule has 0 spiro atoms. The van der Waals surface area contributed by atoms with E-state index in [4.69, 9.17) is 17.3 Å². The second kappa shape index (κ2) is 4.64. The van der Waals surface area contributed by atoms with E-state index in [1.807, 2.05) is 0 Å². The second-order valence-electron chi connectivity index (χ2n) is 4.29. The summed E-state index contributed by atoms with van der Waals surface area (Å²) in [7, 11) is -3.58. The molecule has 2 heterocycles. The first-order chi connectivity index (χ1) is 9.84. The van der Waals surface area contributed by atoms with Crippen molar-refractivity contribution in [2.24, 2.45) is 0 Å². The monoisotopic (exact) mass is 324 g/mol. The molecule has 2 aromatic heterocycles. The van der Waals surface area contributed by atoms with Crippen molar-refractivity contribution < 1.29 is 8.42 Å². The van der Waals surface area contributed by atoms with Crippen LogP contribution >= 0.6 is 11.6 Å². The van der Waals surface area contributed by atoms with Gasteiger partial charge in [-0.3, -0.25) is 0 Å². The summed E-state index contributed by atoms with van der Waals surface area (Å²) >= 11 is 5.92. The Morgan fingerprint density at radius 3 is 2.67 bits per heavy atom. The number of nitrogens with zero attached hydrogens (tertiary/aromatic N) is 5. The molecular weight excluding hydrogens is 316 g/mol. The third-order valence-electron chi connectivity index (χ3n) is 2.63. The van der Waals surface area contributed by atoms with E-state index in [-0.39, 0.29) is 11.7 Å². The summed E-state index contributed by atoms with van der Waals surface area (Å²) in [6.07, 6.45) is 0.993. The van der Waals surface area contributed by atoms with Gasteiger partial charge >= 0.3 is 0 Å². The molecule has 2 N–H and O–H groups in total. The minimum absolute atomic E-state index is 0.0536. The number of halogens is 1. The van der Waals surface area contributed by atoms with Crippen LogP contribution in [0, 0.1) is 0 Å². The van der Waals surface area contributed by atoms with E-state index in [0.29, 0.717) is 16.4 Å². The van der Waals surface area contributed by atoms with Gasteiger partial charge in [-0.15, -0.1) is 5.10 Å². The number of nitrogens with two attached hydrogens (primary N) is 1. The molecule has 0 bridgehead atoms. The number of aromatic nitrogens is 5. The van der Waals surface area contributed by atoms with Gasteiger partial charge in [0.1, 0.15) is 0 Å². The zero-order valence-corrected chi connectivity index (χ0v) is 12.3. The summed E-state index contributed by atoms with van der Waals surface area (Å²) < 4.78 is 24.2. The van der Waals surface area contributed by atoms with E-state index in [0.717, 1.165) is 6.26 Å². The molecule has 0 saturated heterocycles. The number of fused-ring (bicyclic) bond motifs is 1. The molecule has 0 amide bonds. The summed E-state index contributed by atoms with van der Waals surface area (Å²) in [5.41, 5.74) is 6.35. The van der Waals surface area contributed by atoms with Crippen molar-refractivity contribution >= 4 is 33.2 Å². The van der Waals surface area contributed by atoms with Crippen LogP contribution < -0.4 is 5.73 Å². The SMILES string of the molecule is CS(=O)(=O)c1nc(N)n2nc(-c3cccc(Cl)c3)nc2n1. The van der Waals surface area contributed by atoms with E-state index in [9.17, 15) is 8.42 Å². The Bertz CT molecular complexity index is 953.